The van der Waals surface area contributed by atoms with Gasteiger partial charge in [-0.1, -0.05) is 0 Å². The van der Waals surface area contributed by atoms with E-state index in [1.165, 1.54) is 12.4 Å². The molecule has 1 amide bonds. The summed E-state index contributed by atoms with van der Waals surface area (Å²) in [7, 11) is 0. The van der Waals surface area contributed by atoms with Gasteiger partial charge in [-0.25, -0.2) is 4.98 Å². The zero-order chi connectivity index (χ0) is 16.3. The summed E-state index contributed by atoms with van der Waals surface area (Å²) in [5, 5.41) is 2.27. The van der Waals surface area contributed by atoms with Gasteiger partial charge in [0.25, 0.3) is 5.91 Å². The van der Waals surface area contributed by atoms with E-state index < -0.39 is 30.4 Å². The van der Waals surface area contributed by atoms with Gasteiger partial charge in [0.2, 0.25) is 5.43 Å². The van der Waals surface area contributed by atoms with Crippen molar-refractivity contribution in [1.29, 1.82) is 0 Å². The zero-order valence-corrected chi connectivity index (χ0v) is 12.4. The summed E-state index contributed by atoms with van der Waals surface area (Å²) < 4.78 is 41.6. The van der Waals surface area contributed by atoms with Crippen molar-refractivity contribution in [3.05, 3.63) is 44.9 Å². The molecule has 0 saturated heterocycles. The Kier molecular flexibility index (Phi) is 4.69. The van der Waals surface area contributed by atoms with Crippen molar-refractivity contribution in [2.24, 2.45) is 0 Å². The molecular weight excluding hydrogens is 371 g/mol. The molecule has 0 spiro atoms. The Bertz CT molecular complexity index is 739. The summed E-state index contributed by atoms with van der Waals surface area (Å²) in [6.07, 6.45) is -2.52. The van der Waals surface area contributed by atoms with Crippen LogP contribution in [0.1, 0.15) is 22.7 Å². The Labute approximate surface area is 129 Å². The number of nitrogens with zero attached hydrogens (tertiary/aromatic N) is 1. The minimum Gasteiger partial charge on any atom is -0.448 e. The van der Waals surface area contributed by atoms with Gasteiger partial charge in [-0.15, -0.1) is 0 Å². The van der Waals surface area contributed by atoms with Crippen LogP contribution < -0.4 is 10.7 Å². The molecule has 0 unspecified atom stereocenters. The van der Waals surface area contributed by atoms with E-state index in [1.807, 2.05) is 0 Å². The van der Waals surface area contributed by atoms with Crippen LogP contribution in [0.4, 0.5) is 18.9 Å². The predicted molar refractivity (Wildman–Crippen MR) is 73.6 cm³/mol. The molecule has 0 saturated carbocycles. The number of aryl methyl sites for hydroxylation is 1. The van der Waals surface area contributed by atoms with Crippen molar-refractivity contribution in [1.82, 2.24) is 9.97 Å². The van der Waals surface area contributed by atoms with Crippen LogP contribution in [0.3, 0.4) is 0 Å². The summed E-state index contributed by atoms with van der Waals surface area (Å²) in [5.41, 5.74) is -0.833. The van der Waals surface area contributed by atoms with Crippen LogP contribution in [0.25, 0.3) is 0 Å². The third-order valence-corrected chi connectivity index (χ3v) is 3.23. The van der Waals surface area contributed by atoms with Crippen molar-refractivity contribution in [3.8, 4) is 0 Å². The molecule has 0 aliphatic heterocycles. The fraction of sp³-hybridized carbons (Fsp3) is 0.250. The van der Waals surface area contributed by atoms with Gasteiger partial charge in [-0.05, 0) is 15.9 Å². The Morgan fingerprint density at radius 1 is 1.41 bits per heavy atom. The van der Waals surface area contributed by atoms with Crippen LogP contribution in [0.15, 0.2) is 32.5 Å². The first-order valence-electron chi connectivity index (χ1n) is 5.95. The van der Waals surface area contributed by atoms with Crippen LogP contribution in [0.5, 0.6) is 0 Å². The average Bonchev–Trinajstić information content (AvgIpc) is 2.89. The zero-order valence-electron chi connectivity index (χ0n) is 10.8. The fourth-order valence-electron chi connectivity index (χ4n) is 1.62. The number of hydrogen-bond acceptors (Lipinski definition) is 4. The van der Waals surface area contributed by atoms with E-state index >= 15 is 0 Å². The molecule has 2 aromatic rings. The van der Waals surface area contributed by atoms with Gasteiger partial charge in [0.05, 0.1) is 10.9 Å². The maximum absolute atomic E-state index is 12.2. The van der Waals surface area contributed by atoms with Crippen molar-refractivity contribution >= 4 is 27.5 Å². The fourth-order valence-corrected chi connectivity index (χ4v) is 1.97. The number of carbonyl (C=O) groups is 1. The summed E-state index contributed by atoms with van der Waals surface area (Å²) in [6.45, 7) is 0. The number of alkyl halides is 3. The third kappa shape index (κ3) is 3.97. The predicted octanol–water partition coefficient (Wildman–Crippen LogP) is 2.87. The second-order valence-electron chi connectivity index (χ2n) is 4.24. The van der Waals surface area contributed by atoms with Crippen molar-refractivity contribution in [2.75, 3.05) is 5.32 Å². The number of oxazole rings is 1. The largest absolute Gasteiger partial charge is 0.448 e. The summed E-state index contributed by atoms with van der Waals surface area (Å²) in [5.74, 6) is -1.02. The number of amides is 1. The second-order valence-corrected chi connectivity index (χ2v) is 5.09. The second kappa shape index (κ2) is 6.34. The molecule has 10 heteroatoms. The van der Waals surface area contributed by atoms with E-state index in [9.17, 15) is 22.8 Å². The SMILES string of the molecule is O=C(Nc1c[nH]cc(Br)c1=O)c1ncoc1CCC(F)(F)F. The van der Waals surface area contributed by atoms with Gasteiger partial charge >= 0.3 is 6.18 Å². The highest BCUT2D eigenvalue weighted by Gasteiger charge is 2.29. The lowest BCUT2D eigenvalue weighted by molar-refractivity contribution is -0.134. The minimum atomic E-state index is -4.37. The molecule has 0 aliphatic carbocycles. The quantitative estimate of drug-likeness (QED) is 0.854. The van der Waals surface area contributed by atoms with Gasteiger partial charge < -0.3 is 14.7 Å². The number of pyridine rings is 1. The highest BCUT2D eigenvalue weighted by molar-refractivity contribution is 9.10. The Morgan fingerprint density at radius 2 is 2.14 bits per heavy atom. The molecule has 0 radical (unpaired) electrons. The number of aromatic amines is 1. The maximum atomic E-state index is 12.2. The Morgan fingerprint density at radius 3 is 2.82 bits per heavy atom. The van der Waals surface area contributed by atoms with Crippen LogP contribution in [0.2, 0.25) is 0 Å². The van der Waals surface area contributed by atoms with Gasteiger partial charge in [-0.2, -0.15) is 13.2 Å². The van der Waals surface area contributed by atoms with E-state index in [0.717, 1.165) is 6.39 Å². The maximum Gasteiger partial charge on any atom is 0.389 e. The van der Waals surface area contributed by atoms with Crippen LogP contribution >= 0.6 is 15.9 Å². The third-order valence-electron chi connectivity index (χ3n) is 2.64. The van der Waals surface area contributed by atoms with Crippen molar-refractivity contribution in [2.45, 2.75) is 19.0 Å². The summed E-state index contributed by atoms with van der Waals surface area (Å²) in [6, 6.07) is 0. The van der Waals surface area contributed by atoms with Crippen molar-refractivity contribution < 1.29 is 22.4 Å². The lowest BCUT2D eigenvalue weighted by Crippen LogP contribution is -2.20. The molecule has 2 N–H and O–H groups in total. The molecule has 2 rings (SSSR count). The van der Waals surface area contributed by atoms with E-state index in [2.05, 4.69) is 31.2 Å². The lowest BCUT2D eigenvalue weighted by Gasteiger charge is -2.06. The molecule has 2 aromatic heterocycles. The number of rotatable bonds is 4. The van der Waals surface area contributed by atoms with E-state index in [-0.39, 0.29) is 21.6 Å². The number of anilines is 1. The molecule has 0 aromatic carbocycles. The first kappa shape index (κ1) is 16.3. The number of H-pyrrole nitrogens is 1. The van der Waals surface area contributed by atoms with Crippen molar-refractivity contribution in [3.63, 3.8) is 0 Å². The van der Waals surface area contributed by atoms with Crippen LogP contribution in [-0.2, 0) is 6.42 Å². The first-order valence-corrected chi connectivity index (χ1v) is 6.74. The molecule has 6 nitrogen and oxygen atoms in total. The Balaban J connectivity index is 2.15. The molecule has 2 heterocycles. The standard InChI is InChI=1S/C12H9BrF3N3O3/c13-6-3-17-4-7(10(6)20)19-11(21)9-8(22-5-18-9)1-2-12(14,15)16/h3-5H,1-2H2,(H,17,20)(H,19,21). The molecule has 0 atom stereocenters. The lowest BCUT2D eigenvalue weighted by atomic mass is 10.2. The number of hydrogen-bond donors (Lipinski definition) is 2. The molecule has 22 heavy (non-hydrogen) atoms. The number of carbonyl (C=O) groups excluding carboxylic acids is 1. The van der Waals surface area contributed by atoms with E-state index in [0.29, 0.717) is 0 Å². The van der Waals surface area contributed by atoms with Gasteiger partial charge in [0.1, 0.15) is 11.4 Å². The van der Waals surface area contributed by atoms with Crippen LogP contribution in [-0.4, -0.2) is 22.1 Å². The molecule has 118 valence electrons. The van der Waals surface area contributed by atoms with E-state index in [4.69, 9.17) is 4.42 Å². The molecular formula is C12H9BrF3N3O3. The molecule has 0 fully saturated rings. The topological polar surface area (TPSA) is 88.0 Å². The van der Waals surface area contributed by atoms with Crippen LogP contribution in [0, 0.1) is 0 Å². The van der Waals surface area contributed by atoms with Gasteiger partial charge in [0, 0.05) is 18.8 Å². The monoisotopic (exact) mass is 379 g/mol. The van der Waals surface area contributed by atoms with Gasteiger partial charge in [0.15, 0.2) is 12.1 Å². The molecule has 0 bridgehead atoms. The summed E-state index contributed by atoms with van der Waals surface area (Å²) in [4.78, 5) is 30.0. The average molecular weight is 380 g/mol. The minimum absolute atomic E-state index is 0.0656. The normalized spacial score (nSPS) is 11.5. The first-order chi connectivity index (χ1) is 10.3. The Hall–Kier alpha value is -2.10. The van der Waals surface area contributed by atoms with Gasteiger partial charge in [-0.3, -0.25) is 9.59 Å². The summed E-state index contributed by atoms with van der Waals surface area (Å²) >= 11 is 2.99. The molecule has 0 aliphatic rings. The number of aromatic nitrogens is 2. The highest BCUT2D eigenvalue weighted by atomic mass is 79.9. The van der Waals surface area contributed by atoms with E-state index in [1.54, 1.807) is 0 Å². The number of halogens is 4. The number of nitrogens with one attached hydrogen (secondary N) is 2. The smallest absolute Gasteiger partial charge is 0.389 e. The highest BCUT2D eigenvalue weighted by Crippen LogP contribution is 2.23.